The third-order valence-corrected chi connectivity index (χ3v) is 3.13. The highest BCUT2D eigenvalue weighted by Crippen LogP contribution is 2.07. The van der Waals surface area contributed by atoms with Gasteiger partial charge < -0.3 is 20.7 Å². The molecule has 0 aromatic carbocycles. The third-order valence-electron chi connectivity index (χ3n) is 3.13. The van der Waals surface area contributed by atoms with E-state index in [2.05, 4.69) is 36.1 Å². The summed E-state index contributed by atoms with van der Waals surface area (Å²) in [6.07, 6.45) is 0.703. The number of carbonyl (C=O) groups excluding carboxylic acids is 1. The molecular formula is C15H34N4O2. The van der Waals surface area contributed by atoms with Crippen LogP contribution in [0.4, 0.5) is 4.79 Å². The van der Waals surface area contributed by atoms with Crippen LogP contribution < -0.4 is 11.1 Å². The van der Waals surface area contributed by atoms with Gasteiger partial charge >= 0.3 is 6.09 Å². The fraction of sp³-hybridized carbons (Fsp3) is 0.933. The van der Waals surface area contributed by atoms with Crippen LogP contribution in [0.2, 0.25) is 0 Å². The number of alkyl carbamates (subject to hydrolysis) is 1. The molecule has 0 aromatic heterocycles. The highest BCUT2D eigenvalue weighted by atomic mass is 16.6. The number of rotatable bonds is 9. The molecule has 6 nitrogen and oxygen atoms in total. The predicted molar refractivity (Wildman–Crippen MR) is 87.5 cm³/mol. The molecule has 6 heteroatoms. The van der Waals surface area contributed by atoms with Crippen molar-refractivity contribution in [2.45, 2.75) is 45.8 Å². The van der Waals surface area contributed by atoms with E-state index in [9.17, 15) is 4.79 Å². The Morgan fingerprint density at radius 2 is 1.90 bits per heavy atom. The van der Waals surface area contributed by atoms with Crippen molar-refractivity contribution in [2.24, 2.45) is 5.73 Å². The van der Waals surface area contributed by atoms with E-state index in [4.69, 9.17) is 10.5 Å². The van der Waals surface area contributed by atoms with E-state index < -0.39 is 5.60 Å². The Bertz CT molecular complexity index is 290. The molecule has 0 radical (unpaired) electrons. The van der Waals surface area contributed by atoms with Gasteiger partial charge in [0.25, 0.3) is 0 Å². The van der Waals surface area contributed by atoms with Crippen LogP contribution in [0, 0.1) is 0 Å². The number of hydrogen-bond acceptors (Lipinski definition) is 5. The molecule has 0 bridgehead atoms. The fourth-order valence-electron chi connectivity index (χ4n) is 2.07. The van der Waals surface area contributed by atoms with Crippen molar-refractivity contribution in [3.63, 3.8) is 0 Å². The van der Waals surface area contributed by atoms with Crippen LogP contribution in [0.1, 0.15) is 34.1 Å². The smallest absolute Gasteiger partial charge is 0.407 e. The summed E-state index contributed by atoms with van der Waals surface area (Å²) in [5.74, 6) is 0. The van der Waals surface area contributed by atoms with Gasteiger partial charge in [0.2, 0.25) is 0 Å². The number of ether oxygens (including phenoxy) is 1. The van der Waals surface area contributed by atoms with E-state index in [0.717, 1.165) is 26.1 Å². The second-order valence-corrected chi connectivity index (χ2v) is 6.56. The summed E-state index contributed by atoms with van der Waals surface area (Å²) < 4.78 is 5.24. The van der Waals surface area contributed by atoms with Gasteiger partial charge in [0.15, 0.2) is 0 Å². The molecule has 1 amide bonds. The first-order valence-corrected chi connectivity index (χ1v) is 7.75. The second kappa shape index (κ2) is 9.97. The molecule has 0 rings (SSSR count). The van der Waals surface area contributed by atoms with Crippen LogP contribution in [-0.4, -0.2) is 74.4 Å². The van der Waals surface area contributed by atoms with E-state index in [1.807, 2.05) is 20.8 Å². The van der Waals surface area contributed by atoms with Crippen LogP contribution in [0.5, 0.6) is 0 Å². The molecular weight excluding hydrogens is 268 g/mol. The zero-order valence-electron chi connectivity index (χ0n) is 14.6. The van der Waals surface area contributed by atoms with E-state index >= 15 is 0 Å². The maximum absolute atomic E-state index is 11.7. The van der Waals surface area contributed by atoms with Crippen molar-refractivity contribution in [1.82, 2.24) is 15.1 Å². The molecule has 0 spiro atoms. The van der Waals surface area contributed by atoms with Crippen molar-refractivity contribution < 1.29 is 9.53 Å². The van der Waals surface area contributed by atoms with Gasteiger partial charge in [0.05, 0.1) is 0 Å². The Morgan fingerprint density at radius 1 is 1.29 bits per heavy atom. The number of likely N-dealkylation sites (N-methyl/N-ethyl adjacent to an activating group) is 1. The van der Waals surface area contributed by atoms with Gasteiger partial charge in [0, 0.05) is 19.1 Å². The molecule has 0 heterocycles. The van der Waals surface area contributed by atoms with Crippen molar-refractivity contribution in [2.75, 3.05) is 46.8 Å². The number of hydrogen-bond donors (Lipinski definition) is 2. The van der Waals surface area contributed by atoms with Gasteiger partial charge in [-0.25, -0.2) is 4.79 Å². The standard InChI is InChI=1S/C15H34N4O2/c1-7-19(10-8-9-18(5)6)13(11-16)12-17-14(20)21-15(2,3)4/h13H,7-12,16H2,1-6H3,(H,17,20). The number of carbonyl (C=O) groups is 1. The number of nitrogens with two attached hydrogens (primary N) is 1. The molecule has 0 fully saturated rings. The third kappa shape index (κ3) is 10.5. The number of nitrogens with one attached hydrogen (secondary N) is 1. The first-order chi connectivity index (χ1) is 9.69. The van der Waals surface area contributed by atoms with E-state index in [1.165, 1.54) is 0 Å². The number of amides is 1. The highest BCUT2D eigenvalue weighted by Gasteiger charge is 2.19. The molecule has 0 aromatic rings. The van der Waals surface area contributed by atoms with Crippen LogP contribution in [0.3, 0.4) is 0 Å². The molecule has 0 saturated heterocycles. The Balaban J connectivity index is 4.23. The van der Waals surface area contributed by atoms with Crippen molar-refractivity contribution in [3.05, 3.63) is 0 Å². The van der Waals surface area contributed by atoms with Crippen LogP contribution >= 0.6 is 0 Å². The molecule has 0 aliphatic heterocycles. The minimum atomic E-state index is -0.474. The largest absolute Gasteiger partial charge is 0.444 e. The molecule has 0 saturated carbocycles. The average molecular weight is 302 g/mol. The van der Waals surface area contributed by atoms with Crippen molar-refractivity contribution in [3.8, 4) is 0 Å². The summed E-state index contributed by atoms with van der Waals surface area (Å²) in [5, 5.41) is 2.81. The van der Waals surface area contributed by atoms with Gasteiger partial charge in [-0.05, 0) is 60.9 Å². The maximum Gasteiger partial charge on any atom is 0.407 e. The maximum atomic E-state index is 11.7. The first-order valence-electron chi connectivity index (χ1n) is 7.75. The van der Waals surface area contributed by atoms with E-state index in [0.29, 0.717) is 13.1 Å². The molecule has 1 atom stereocenters. The first kappa shape index (κ1) is 20.1. The zero-order chi connectivity index (χ0) is 16.5. The average Bonchev–Trinajstić information content (AvgIpc) is 2.34. The Morgan fingerprint density at radius 3 is 2.33 bits per heavy atom. The highest BCUT2D eigenvalue weighted by molar-refractivity contribution is 5.67. The Kier molecular flexibility index (Phi) is 9.57. The summed E-state index contributed by atoms with van der Waals surface area (Å²) in [4.78, 5) is 16.2. The minimum Gasteiger partial charge on any atom is -0.444 e. The molecule has 3 N–H and O–H groups in total. The lowest BCUT2D eigenvalue weighted by Gasteiger charge is -2.30. The summed E-state index contributed by atoms with van der Waals surface area (Å²) in [7, 11) is 4.14. The fourth-order valence-corrected chi connectivity index (χ4v) is 2.07. The topological polar surface area (TPSA) is 70.8 Å². The Labute approximate surface area is 130 Å². The Hall–Kier alpha value is -0.850. The van der Waals surface area contributed by atoms with Crippen molar-refractivity contribution >= 4 is 6.09 Å². The monoisotopic (exact) mass is 302 g/mol. The molecule has 0 aliphatic carbocycles. The lowest BCUT2D eigenvalue weighted by atomic mass is 10.2. The summed E-state index contributed by atoms with van der Waals surface area (Å²) in [6.45, 7) is 11.7. The zero-order valence-corrected chi connectivity index (χ0v) is 14.6. The quantitative estimate of drug-likeness (QED) is 0.668. The van der Waals surface area contributed by atoms with Gasteiger partial charge in [-0.15, -0.1) is 0 Å². The molecule has 126 valence electrons. The summed E-state index contributed by atoms with van der Waals surface area (Å²) >= 11 is 0. The lowest BCUT2D eigenvalue weighted by molar-refractivity contribution is 0.0508. The second-order valence-electron chi connectivity index (χ2n) is 6.56. The molecule has 0 aliphatic rings. The van der Waals surface area contributed by atoms with Crippen molar-refractivity contribution in [1.29, 1.82) is 0 Å². The normalized spacial score (nSPS) is 13.6. The molecule has 21 heavy (non-hydrogen) atoms. The van der Waals surface area contributed by atoms with Crippen LogP contribution in [0.25, 0.3) is 0 Å². The van der Waals surface area contributed by atoms with Gasteiger partial charge in [0.1, 0.15) is 5.60 Å². The summed E-state index contributed by atoms with van der Waals surface area (Å²) in [6, 6.07) is 0.143. The lowest BCUT2D eigenvalue weighted by Crippen LogP contribution is -2.49. The van der Waals surface area contributed by atoms with Crippen LogP contribution in [0.15, 0.2) is 0 Å². The minimum absolute atomic E-state index is 0.143. The number of nitrogens with zero attached hydrogens (tertiary/aromatic N) is 2. The summed E-state index contributed by atoms with van der Waals surface area (Å²) in [5.41, 5.74) is 5.38. The van der Waals surface area contributed by atoms with Gasteiger partial charge in [-0.1, -0.05) is 6.92 Å². The molecule has 1 unspecified atom stereocenters. The van der Waals surface area contributed by atoms with E-state index in [-0.39, 0.29) is 12.1 Å². The van der Waals surface area contributed by atoms with Gasteiger partial charge in [-0.3, -0.25) is 4.90 Å². The SMILES string of the molecule is CCN(CCCN(C)C)C(CN)CNC(=O)OC(C)(C)C. The van der Waals surface area contributed by atoms with Crippen LogP contribution in [-0.2, 0) is 4.74 Å². The predicted octanol–water partition coefficient (Wildman–Crippen LogP) is 1.11. The van der Waals surface area contributed by atoms with E-state index in [1.54, 1.807) is 0 Å². The van der Waals surface area contributed by atoms with Gasteiger partial charge in [-0.2, -0.15) is 0 Å².